The fraction of sp³-hybridized carbons (Fsp3) is 0.850. The Morgan fingerprint density at radius 1 is 1.15 bits per heavy atom. The number of nitrogens with zero attached hydrogens (tertiary/aromatic N) is 2. The van der Waals surface area contributed by atoms with E-state index in [-0.39, 0.29) is 24.2 Å². The summed E-state index contributed by atoms with van der Waals surface area (Å²) in [6.45, 7) is 9.68. The zero-order valence-electron chi connectivity index (χ0n) is 17.3. The largest absolute Gasteiger partial charge is 0.466 e. The van der Waals surface area contributed by atoms with E-state index in [9.17, 15) is 14.4 Å². The van der Waals surface area contributed by atoms with E-state index in [4.69, 9.17) is 4.74 Å². The maximum Gasteiger partial charge on any atom is 0.307 e. The van der Waals surface area contributed by atoms with Crippen LogP contribution in [0, 0.1) is 0 Å². The number of likely N-dealkylation sites (tertiary alicyclic amines) is 1. The van der Waals surface area contributed by atoms with Gasteiger partial charge in [0.05, 0.1) is 13.0 Å². The summed E-state index contributed by atoms with van der Waals surface area (Å²) in [5.41, 5.74) is 0. The predicted molar refractivity (Wildman–Crippen MR) is 105 cm³/mol. The van der Waals surface area contributed by atoms with E-state index >= 15 is 0 Å². The molecule has 0 radical (unpaired) electrons. The molecule has 27 heavy (non-hydrogen) atoms. The molecule has 156 valence electrons. The summed E-state index contributed by atoms with van der Waals surface area (Å²) in [4.78, 5) is 39.5. The number of carbonyl (C=O) groups excluding carboxylic acids is 3. The van der Waals surface area contributed by atoms with Crippen molar-refractivity contribution in [2.75, 3.05) is 39.3 Å². The highest BCUT2D eigenvalue weighted by molar-refractivity contribution is 5.77. The maximum atomic E-state index is 12.7. The molecular formula is C20H37N3O4. The Morgan fingerprint density at radius 2 is 1.93 bits per heavy atom. The number of amides is 2. The van der Waals surface area contributed by atoms with Gasteiger partial charge in [-0.25, -0.2) is 0 Å². The molecule has 1 unspecified atom stereocenters. The summed E-state index contributed by atoms with van der Waals surface area (Å²) < 4.78 is 5.01. The van der Waals surface area contributed by atoms with E-state index in [1.165, 1.54) is 13.3 Å². The van der Waals surface area contributed by atoms with Crippen molar-refractivity contribution < 1.29 is 19.1 Å². The van der Waals surface area contributed by atoms with Gasteiger partial charge >= 0.3 is 5.97 Å². The molecule has 0 saturated carbocycles. The normalized spacial score (nSPS) is 16.9. The zero-order chi connectivity index (χ0) is 20.1. The molecule has 7 heteroatoms. The second-order valence-corrected chi connectivity index (χ2v) is 7.11. The Morgan fingerprint density at radius 3 is 2.59 bits per heavy atom. The van der Waals surface area contributed by atoms with Gasteiger partial charge in [-0.3, -0.25) is 19.3 Å². The molecule has 0 aliphatic carbocycles. The minimum absolute atomic E-state index is 0.0201. The molecule has 7 nitrogen and oxygen atoms in total. The van der Waals surface area contributed by atoms with Crippen molar-refractivity contribution in [3.05, 3.63) is 0 Å². The molecule has 0 aromatic heterocycles. The maximum absolute atomic E-state index is 12.7. The van der Waals surface area contributed by atoms with Crippen LogP contribution in [-0.4, -0.2) is 73.0 Å². The van der Waals surface area contributed by atoms with Crippen molar-refractivity contribution >= 4 is 17.8 Å². The molecule has 1 heterocycles. The standard InChI is InChI=1S/C20H37N3O4/c1-4-22-14-9-10-18(22)16-23(15-12-20(26)27-5-2)19(25)11-7-6-8-13-21-17(3)24/h18H,4-16H2,1-3H3,(H,21,24). The number of hydrogen-bond donors (Lipinski definition) is 1. The third kappa shape index (κ3) is 9.75. The Bertz CT molecular complexity index is 470. The van der Waals surface area contributed by atoms with Crippen molar-refractivity contribution in [1.29, 1.82) is 0 Å². The van der Waals surface area contributed by atoms with Gasteiger partial charge in [-0.1, -0.05) is 13.3 Å². The third-order valence-electron chi connectivity index (χ3n) is 5.02. The highest BCUT2D eigenvalue weighted by Crippen LogP contribution is 2.18. The second-order valence-electron chi connectivity index (χ2n) is 7.11. The number of nitrogens with one attached hydrogen (secondary N) is 1. The van der Waals surface area contributed by atoms with Crippen LogP contribution in [-0.2, 0) is 19.1 Å². The van der Waals surface area contributed by atoms with Crippen molar-refractivity contribution in [2.45, 2.75) is 71.8 Å². The van der Waals surface area contributed by atoms with Crippen LogP contribution in [0.15, 0.2) is 0 Å². The van der Waals surface area contributed by atoms with Gasteiger partial charge in [-0.15, -0.1) is 0 Å². The molecule has 0 spiro atoms. The Labute approximate surface area is 163 Å². The molecule has 1 saturated heterocycles. The van der Waals surface area contributed by atoms with E-state index < -0.39 is 0 Å². The SMILES string of the molecule is CCOC(=O)CCN(CC1CCCN1CC)C(=O)CCCCCNC(C)=O. The Kier molecular flexibility index (Phi) is 11.7. The van der Waals surface area contributed by atoms with Crippen LogP contribution < -0.4 is 5.32 Å². The minimum Gasteiger partial charge on any atom is -0.466 e. The number of hydrogen-bond acceptors (Lipinski definition) is 5. The lowest BCUT2D eigenvalue weighted by atomic mass is 10.1. The zero-order valence-corrected chi connectivity index (χ0v) is 17.3. The van der Waals surface area contributed by atoms with E-state index in [0.29, 0.717) is 38.7 Å². The number of rotatable bonds is 13. The minimum atomic E-state index is -0.246. The highest BCUT2D eigenvalue weighted by atomic mass is 16.5. The van der Waals surface area contributed by atoms with Crippen LogP contribution in [0.5, 0.6) is 0 Å². The molecule has 1 aliphatic rings. The molecular weight excluding hydrogens is 346 g/mol. The molecule has 0 aromatic rings. The van der Waals surface area contributed by atoms with Crippen LogP contribution in [0.4, 0.5) is 0 Å². The summed E-state index contributed by atoms with van der Waals surface area (Å²) in [6.07, 6.45) is 5.60. The Balaban J connectivity index is 2.46. The molecule has 1 N–H and O–H groups in total. The lowest BCUT2D eigenvalue weighted by molar-refractivity contribution is -0.144. The molecule has 1 atom stereocenters. The molecule has 0 bridgehead atoms. The first-order chi connectivity index (χ1) is 13.0. The van der Waals surface area contributed by atoms with Crippen LogP contribution in [0.25, 0.3) is 0 Å². The van der Waals surface area contributed by atoms with Crippen molar-refractivity contribution in [2.24, 2.45) is 0 Å². The first kappa shape index (κ1) is 23.4. The summed E-state index contributed by atoms with van der Waals surface area (Å²) >= 11 is 0. The van der Waals surface area contributed by atoms with Crippen LogP contribution >= 0.6 is 0 Å². The second kappa shape index (κ2) is 13.5. The van der Waals surface area contributed by atoms with Gasteiger partial charge in [0.15, 0.2) is 0 Å². The lowest BCUT2D eigenvalue weighted by Crippen LogP contribution is -2.43. The van der Waals surface area contributed by atoms with Gasteiger partial charge in [0.25, 0.3) is 0 Å². The van der Waals surface area contributed by atoms with Gasteiger partial charge in [-0.05, 0) is 45.7 Å². The molecule has 0 aromatic carbocycles. The monoisotopic (exact) mass is 383 g/mol. The van der Waals surface area contributed by atoms with E-state index in [1.807, 2.05) is 4.90 Å². The topological polar surface area (TPSA) is 79.0 Å². The highest BCUT2D eigenvalue weighted by Gasteiger charge is 2.27. The van der Waals surface area contributed by atoms with E-state index in [0.717, 1.165) is 38.8 Å². The first-order valence-electron chi connectivity index (χ1n) is 10.4. The summed E-state index contributed by atoms with van der Waals surface area (Å²) in [7, 11) is 0. The van der Waals surface area contributed by atoms with Crippen LogP contribution in [0.3, 0.4) is 0 Å². The summed E-state index contributed by atoms with van der Waals surface area (Å²) in [6, 6.07) is 0.390. The average molecular weight is 384 g/mol. The average Bonchev–Trinajstić information content (AvgIpc) is 3.08. The number of unbranched alkanes of at least 4 members (excludes halogenated alkanes) is 2. The van der Waals surface area contributed by atoms with Crippen molar-refractivity contribution in [3.63, 3.8) is 0 Å². The fourth-order valence-electron chi connectivity index (χ4n) is 3.55. The van der Waals surface area contributed by atoms with E-state index in [1.54, 1.807) is 6.92 Å². The van der Waals surface area contributed by atoms with Gasteiger partial charge in [0, 0.05) is 39.0 Å². The predicted octanol–water partition coefficient (Wildman–Crippen LogP) is 1.95. The molecule has 1 rings (SSSR count). The van der Waals surface area contributed by atoms with Gasteiger partial charge in [0.2, 0.25) is 11.8 Å². The first-order valence-corrected chi connectivity index (χ1v) is 10.4. The number of ether oxygens (including phenoxy) is 1. The number of likely N-dealkylation sites (N-methyl/N-ethyl adjacent to an activating group) is 1. The smallest absolute Gasteiger partial charge is 0.307 e. The summed E-state index contributed by atoms with van der Waals surface area (Å²) in [5.74, 6) is -0.153. The lowest BCUT2D eigenvalue weighted by Gasteiger charge is -2.30. The van der Waals surface area contributed by atoms with Crippen molar-refractivity contribution in [1.82, 2.24) is 15.1 Å². The molecule has 1 fully saturated rings. The fourth-order valence-corrected chi connectivity index (χ4v) is 3.55. The summed E-state index contributed by atoms with van der Waals surface area (Å²) in [5, 5.41) is 2.77. The van der Waals surface area contributed by atoms with Gasteiger partial charge in [0.1, 0.15) is 0 Å². The number of carbonyl (C=O) groups is 3. The van der Waals surface area contributed by atoms with Crippen LogP contribution in [0.1, 0.15) is 65.7 Å². The van der Waals surface area contributed by atoms with Crippen molar-refractivity contribution in [3.8, 4) is 0 Å². The Hall–Kier alpha value is -1.63. The molecule has 2 amide bonds. The van der Waals surface area contributed by atoms with Crippen LogP contribution in [0.2, 0.25) is 0 Å². The quantitative estimate of drug-likeness (QED) is 0.388. The van der Waals surface area contributed by atoms with Gasteiger partial charge < -0.3 is 15.0 Å². The van der Waals surface area contributed by atoms with E-state index in [2.05, 4.69) is 17.1 Å². The third-order valence-corrected chi connectivity index (χ3v) is 5.02. The molecule has 1 aliphatic heterocycles. The number of esters is 1. The van der Waals surface area contributed by atoms with Gasteiger partial charge in [-0.2, -0.15) is 0 Å².